The fraction of sp³-hybridized carbons (Fsp3) is 0.474. The van der Waals surface area contributed by atoms with E-state index in [2.05, 4.69) is 27.6 Å². The highest BCUT2D eigenvalue weighted by Crippen LogP contribution is 2.31. The van der Waals surface area contributed by atoms with E-state index in [9.17, 15) is 4.79 Å². The molecular formula is C19H23IN2O3. The zero-order valence-corrected chi connectivity index (χ0v) is 16.9. The summed E-state index contributed by atoms with van der Waals surface area (Å²) in [5.74, 6) is 0.898. The number of halogens is 1. The van der Waals surface area contributed by atoms with Crippen LogP contribution in [0.5, 0.6) is 5.75 Å². The third-order valence-corrected chi connectivity index (χ3v) is 5.22. The number of carbonyl (C=O) groups excluding carboxylic acids is 1. The van der Waals surface area contributed by atoms with Gasteiger partial charge in [-0.25, -0.2) is 4.79 Å². The molecule has 1 fully saturated rings. The Morgan fingerprint density at radius 3 is 2.64 bits per heavy atom. The SMILES string of the molecule is CC(C)(C)OC(=O)N1CCC(Oc2ccc3cnccc3c2I)CC1. The smallest absolute Gasteiger partial charge is 0.410 e. The quantitative estimate of drug-likeness (QED) is 0.622. The second kappa shape index (κ2) is 7.35. The van der Waals surface area contributed by atoms with Gasteiger partial charge in [0.25, 0.3) is 0 Å². The largest absolute Gasteiger partial charge is 0.489 e. The van der Waals surface area contributed by atoms with Crippen LogP contribution in [-0.4, -0.2) is 40.8 Å². The van der Waals surface area contributed by atoms with E-state index in [0.29, 0.717) is 13.1 Å². The van der Waals surface area contributed by atoms with Gasteiger partial charge in [0.2, 0.25) is 0 Å². The van der Waals surface area contributed by atoms with Crippen LogP contribution in [0.4, 0.5) is 4.79 Å². The molecular weight excluding hydrogens is 431 g/mol. The molecule has 0 atom stereocenters. The summed E-state index contributed by atoms with van der Waals surface area (Å²) in [5.41, 5.74) is -0.458. The second-order valence-electron chi connectivity index (χ2n) is 7.26. The molecule has 0 spiro atoms. The van der Waals surface area contributed by atoms with Gasteiger partial charge in [-0.1, -0.05) is 0 Å². The van der Waals surface area contributed by atoms with Gasteiger partial charge < -0.3 is 14.4 Å². The Balaban J connectivity index is 1.61. The van der Waals surface area contributed by atoms with Gasteiger partial charge in [0.05, 0.1) is 3.57 Å². The maximum absolute atomic E-state index is 12.1. The number of hydrogen-bond donors (Lipinski definition) is 0. The predicted octanol–water partition coefficient (Wildman–Crippen LogP) is 4.62. The molecule has 3 rings (SSSR count). The number of hydrogen-bond acceptors (Lipinski definition) is 4. The molecule has 0 unspecified atom stereocenters. The van der Waals surface area contributed by atoms with E-state index < -0.39 is 5.60 Å². The molecule has 1 aromatic carbocycles. The first-order valence-electron chi connectivity index (χ1n) is 8.50. The first-order valence-corrected chi connectivity index (χ1v) is 9.58. The zero-order chi connectivity index (χ0) is 18.0. The number of nitrogens with zero attached hydrogens (tertiary/aromatic N) is 2. The number of benzene rings is 1. The Labute approximate surface area is 161 Å². The molecule has 134 valence electrons. The van der Waals surface area contributed by atoms with Crippen molar-refractivity contribution in [1.29, 1.82) is 0 Å². The van der Waals surface area contributed by atoms with Crippen molar-refractivity contribution in [2.75, 3.05) is 13.1 Å². The summed E-state index contributed by atoms with van der Waals surface area (Å²) in [4.78, 5) is 18.1. The molecule has 1 aliphatic heterocycles. The van der Waals surface area contributed by atoms with Gasteiger partial charge in [-0.05, 0) is 61.6 Å². The van der Waals surface area contributed by atoms with Gasteiger partial charge in [0, 0.05) is 49.1 Å². The van der Waals surface area contributed by atoms with Crippen LogP contribution < -0.4 is 4.74 Å². The lowest BCUT2D eigenvalue weighted by Gasteiger charge is -2.33. The minimum Gasteiger partial charge on any atom is -0.489 e. The highest BCUT2D eigenvalue weighted by Gasteiger charge is 2.28. The van der Waals surface area contributed by atoms with Crippen LogP contribution in [0, 0.1) is 3.57 Å². The molecule has 1 amide bonds. The maximum atomic E-state index is 12.1. The highest BCUT2D eigenvalue weighted by atomic mass is 127. The van der Waals surface area contributed by atoms with Crippen molar-refractivity contribution in [2.24, 2.45) is 0 Å². The Morgan fingerprint density at radius 1 is 1.24 bits per heavy atom. The molecule has 0 bridgehead atoms. The van der Waals surface area contributed by atoms with E-state index in [1.807, 2.05) is 45.2 Å². The molecule has 0 aliphatic carbocycles. The first-order chi connectivity index (χ1) is 11.8. The number of piperidine rings is 1. The van der Waals surface area contributed by atoms with E-state index in [4.69, 9.17) is 9.47 Å². The van der Waals surface area contributed by atoms with Gasteiger partial charge in [0.15, 0.2) is 0 Å². The molecule has 0 saturated carbocycles. The number of likely N-dealkylation sites (tertiary alicyclic amines) is 1. The van der Waals surface area contributed by atoms with Crippen molar-refractivity contribution in [2.45, 2.75) is 45.3 Å². The molecule has 0 radical (unpaired) electrons. The van der Waals surface area contributed by atoms with Crippen molar-refractivity contribution < 1.29 is 14.3 Å². The van der Waals surface area contributed by atoms with E-state index in [1.165, 1.54) is 0 Å². The van der Waals surface area contributed by atoms with E-state index >= 15 is 0 Å². The third kappa shape index (κ3) is 4.54. The number of fused-ring (bicyclic) bond motifs is 1. The van der Waals surface area contributed by atoms with Crippen LogP contribution in [0.2, 0.25) is 0 Å². The van der Waals surface area contributed by atoms with Crippen LogP contribution in [0.1, 0.15) is 33.6 Å². The molecule has 6 heteroatoms. The Hall–Kier alpha value is -1.57. The minimum absolute atomic E-state index is 0.117. The predicted molar refractivity (Wildman–Crippen MR) is 106 cm³/mol. The van der Waals surface area contributed by atoms with E-state index in [0.717, 1.165) is 32.9 Å². The Bertz CT molecular complexity index is 765. The molecule has 2 heterocycles. The van der Waals surface area contributed by atoms with Gasteiger partial charge in [-0.3, -0.25) is 4.98 Å². The summed E-state index contributed by atoms with van der Waals surface area (Å²) in [6, 6.07) is 6.05. The molecule has 1 saturated heterocycles. The summed E-state index contributed by atoms with van der Waals surface area (Å²) in [7, 11) is 0. The summed E-state index contributed by atoms with van der Waals surface area (Å²) < 4.78 is 12.8. The van der Waals surface area contributed by atoms with Gasteiger partial charge in [-0.2, -0.15) is 0 Å². The molecule has 2 aromatic rings. The lowest BCUT2D eigenvalue weighted by molar-refractivity contribution is 0.0126. The number of aromatic nitrogens is 1. The van der Waals surface area contributed by atoms with Crippen LogP contribution in [0.25, 0.3) is 10.8 Å². The average Bonchev–Trinajstić information content (AvgIpc) is 2.57. The lowest BCUT2D eigenvalue weighted by Crippen LogP contribution is -2.44. The number of carbonyl (C=O) groups is 1. The van der Waals surface area contributed by atoms with Gasteiger partial charge in [0.1, 0.15) is 17.5 Å². The third-order valence-electron chi connectivity index (χ3n) is 4.11. The summed E-state index contributed by atoms with van der Waals surface area (Å²) in [6.07, 6.45) is 5.16. The van der Waals surface area contributed by atoms with E-state index in [-0.39, 0.29) is 12.2 Å². The zero-order valence-electron chi connectivity index (χ0n) is 14.8. The fourth-order valence-corrected chi connectivity index (χ4v) is 3.66. The molecule has 5 nitrogen and oxygen atoms in total. The van der Waals surface area contributed by atoms with Crippen LogP contribution >= 0.6 is 22.6 Å². The summed E-state index contributed by atoms with van der Waals surface area (Å²) in [5, 5.41) is 2.26. The van der Waals surface area contributed by atoms with Crippen LogP contribution in [0.15, 0.2) is 30.6 Å². The maximum Gasteiger partial charge on any atom is 0.410 e. The molecule has 0 N–H and O–H groups in total. The van der Waals surface area contributed by atoms with Gasteiger partial charge in [-0.15, -0.1) is 0 Å². The minimum atomic E-state index is -0.458. The van der Waals surface area contributed by atoms with E-state index in [1.54, 1.807) is 11.1 Å². The Kier molecular flexibility index (Phi) is 5.36. The normalized spacial score (nSPS) is 16.1. The number of ether oxygens (including phenoxy) is 2. The molecule has 1 aliphatic rings. The fourth-order valence-electron chi connectivity index (χ4n) is 2.86. The van der Waals surface area contributed by atoms with Gasteiger partial charge >= 0.3 is 6.09 Å². The molecule has 1 aromatic heterocycles. The van der Waals surface area contributed by atoms with Crippen LogP contribution in [0.3, 0.4) is 0 Å². The van der Waals surface area contributed by atoms with Crippen LogP contribution in [-0.2, 0) is 4.74 Å². The monoisotopic (exact) mass is 454 g/mol. The highest BCUT2D eigenvalue weighted by molar-refractivity contribution is 14.1. The van der Waals surface area contributed by atoms with Crippen molar-refractivity contribution in [3.8, 4) is 5.75 Å². The topological polar surface area (TPSA) is 51.7 Å². The summed E-state index contributed by atoms with van der Waals surface area (Å²) in [6.45, 7) is 6.98. The van der Waals surface area contributed by atoms with Crippen molar-refractivity contribution >= 4 is 39.5 Å². The first kappa shape index (κ1) is 18.2. The second-order valence-corrected chi connectivity index (χ2v) is 8.34. The summed E-state index contributed by atoms with van der Waals surface area (Å²) >= 11 is 2.33. The Morgan fingerprint density at radius 2 is 1.96 bits per heavy atom. The standard InChI is InChI=1S/C19H23IN2O3/c1-19(2,3)25-18(23)22-10-7-14(8-11-22)24-16-5-4-13-12-21-9-6-15(13)17(16)20/h4-6,9,12,14H,7-8,10-11H2,1-3H3. The van der Waals surface area contributed by atoms with Crippen molar-refractivity contribution in [3.05, 3.63) is 34.2 Å². The van der Waals surface area contributed by atoms with Crippen molar-refractivity contribution in [3.63, 3.8) is 0 Å². The molecule has 25 heavy (non-hydrogen) atoms. The number of amides is 1. The van der Waals surface area contributed by atoms with Crippen molar-refractivity contribution in [1.82, 2.24) is 9.88 Å². The number of pyridine rings is 1. The average molecular weight is 454 g/mol. The number of rotatable bonds is 2. The lowest BCUT2D eigenvalue weighted by atomic mass is 10.1.